The Labute approximate surface area is 193 Å². The molecule has 0 unspecified atom stereocenters. The number of hydrogen-bond donors (Lipinski definition) is 2. The number of ether oxygens (including phenoxy) is 1. The summed E-state index contributed by atoms with van der Waals surface area (Å²) in [6, 6.07) is 15.8. The smallest absolute Gasteiger partial charge is 0.326 e. The monoisotopic (exact) mass is 449 g/mol. The molecule has 3 aromatic rings. The lowest BCUT2D eigenvalue weighted by molar-refractivity contribution is -0.121. The molecule has 1 aromatic heterocycles. The van der Waals surface area contributed by atoms with Crippen LogP contribution in [0.1, 0.15) is 25.8 Å². The van der Waals surface area contributed by atoms with Crippen LogP contribution in [0.5, 0.6) is 0 Å². The number of fused-ring (bicyclic) bond motifs is 1. The van der Waals surface area contributed by atoms with Gasteiger partial charge in [-0.2, -0.15) is 0 Å². The highest BCUT2D eigenvalue weighted by molar-refractivity contribution is 5.94. The van der Waals surface area contributed by atoms with Gasteiger partial charge < -0.3 is 19.9 Å². The van der Waals surface area contributed by atoms with Crippen LogP contribution < -0.4 is 15.9 Å². The lowest BCUT2D eigenvalue weighted by atomic mass is 10.0. The number of carbonyl (C=O) groups is 1. The maximum absolute atomic E-state index is 12.9. The molecule has 2 N–H and O–H groups in total. The minimum absolute atomic E-state index is 0.00293. The predicted octanol–water partition coefficient (Wildman–Crippen LogP) is 2.83. The molecule has 8 nitrogen and oxygen atoms in total. The number of imidazole rings is 1. The van der Waals surface area contributed by atoms with Crippen LogP contribution in [0.4, 0.5) is 11.4 Å². The number of amides is 1. The van der Waals surface area contributed by atoms with Crippen LogP contribution in [0.2, 0.25) is 0 Å². The highest BCUT2D eigenvalue weighted by Crippen LogP contribution is 2.26. The Bertz CT molecular complexity index is 1150. The van der Waals surface area contributed by atoms with Crippen LogP contribution in [-0.4, -0.2) is 65.8 Å². The van der Waals surface area contributed by atoms with E-state index in [1.165, 1.54) is 0 Å². The molecule has 2 aliphatic rings. The highest BCUT2D eigenvalue weighted by atomic mass is 16.5. The third-order valence-corrected chi connectivity index (χ3v) is 6.93. The van der Waals surface area contributed by atoms with E-state index in [0.717, 1.165) is 74.6 Å². The molecule has 3 heterocycles. The molecule has 0 spiro atoms. The molecule has 174 valence electrons. The molecule has 33 heavy (non-hydrogen) atoms. The normalized spacial score (nSPS) is 19.0. The SMILES string of the molecule is C[C@H](C(=O)Nc1ccc(N2CCOCC2)cc1)N1CCC(n2c(=O)[nH]c3ccccc32)CC1. The minimum atomic E-state index is -0.232. The number of aromatic nitrogens is 2. The quantitative estimate of drug-likeness (QED) is 0.626. The van der Waals surface area contributed by atoms with E-state index in [0.29, 0.717) is 0 Å². The first kappa shape index (κ1) is 21.7. The van der Waals surface area contributed by atoms with Crippen LogP contribution in [0, 0.1) is 0 Å². The van der Waals surface area contributed by atoms with Gasteiger partial charge in [-0.1, -0.05) is 12.1 Å². The number of nitrogens with one attached hydrogen (secondary N) is 2. The number of anilines is 2. The molecule has 1 amide bonds. The second kappa shape index (κ2) is 9.41. The molecule has 5 rings (SSSR count). The minimum Gasteiger partial charge on any atom is -0.378 e. The van der Waals surface area contributed by atoms with E-state index in [-0.39, 0.29) is 23.7 Å². The number of morpholine rings is 1. The number of likely N-dealkylation sites (tertiary alicyclic amines) is 1. The molecule has 2 aliphatic heterocycles. The van der Waals surface area contributed by atoms with Crippen molar-refractivity contribution in [3.05, 3.63) is 59.0 Å². The molecule has 0 saturated carbocycles. The molecule has 2 saturated heterocycles. The molecule has 2 aromatic carbocycles. The first-order valence-corrected chi connectivity index (χ1v) is 11.8. The number of nitrogens with zero attached hydrogens (tertiary/aromatic N) is 3. The summed E-state index contributed by atoms with van der Waals surface area (Å²) in [5, 5.41) is 3.06. The van der Waals surface area contributed by atoms with E-state index in [4.69, 9.17) is 4.74 Å². The van der Waals surface area contributed by atoms with Gasteiger partial charge in [0.25, 0.3) is 0 Å². The highest BCUT2D eigenvalue weighted by Gasteiger charge is 2.28. The summed E-state index contributed by atoms with van der Waals surface area (Å²) < 4.78 is 7.29. The number of piperidine rings is 1. The number of para-hydroxylation sites is 2. The summed E-state index contributed by atoms with van der Waals surface area (Å²) in [7, 11) is 0. The number of carbonyl (C=O) groups excluding carboxylic acids is 1. The average molecular weight is 450 g/mol. The van der Waals surface area contributed by atoms with Crippen LogP contribution >= 0.6 is 0 Å². The number of aromatic amines is 1. The van der Waals surface area contributed by atoms with Crippen molar-refractivity contribution in [3.8, 4) is 0 Å². The van der Waals surface area contributed by atoms with E-state index in [2.05, 4.69) is 32.2 Å². The molecular formula is C25H31N5O3. The second-order valence-electron chi connectivity index (χ2n) is 8.90. The van der Waals surface area contributed by atoms with Gasteiger partial charge in [0.1, 0.15) is 0 Å². The number of hydrogen-bond acceptors (Lipinski definition) is 5. The van der Waals surface area contributed by atoms with Gasteiger partial charge in [-0.25, -0.2) is 4.79 Å². The molecule has 1 atom stereocenters. The third kappa shape index (κ3) is 4.54. The zero-order chi connectivity index (χ0) is 22.8. The van der Waals surface area contributed by atoms with Gasteiger partial charge in [-0.3, -0.25) is 14.3 Å². The van der Waals surface area contributed by atoms with Crippen LogP contribution in [0.3, 0.4) is 0 Å². The lowest BCUT2D eigenvalue weighted by Gasteiger charge is -2.35. The van der Waals surface area contributed by atoms with Crippen LogP contribution in [0.25, 0.3) is 11.0 Å². The summed E-state index contributed by atoms with van der Waals surface area (Å²) in [5.41, 5.74) is 3.73. The van der Waals surface area contributed by atoms with Gasteiger partial charge in [0.2, 0.25) is 5.91 Å². The molecule has 0 bridgehead atoms. The van der Waals surface area contributed by atoms with Gasteiger partial charge in [0, 0.05) is 43.6 Å². The molecule has 2 fully saturated rings. The Morgan fingerprint density at radius 1 is 1.03 bits per heavy atom. The van der Waals surface area contributed by atoms with E-state index >= 15 is 0 Å². The summed E-state index contributed by atoms with van der Waals surface area (Å²) in [6.45, 7) is 6.80. The van der Waals surface area contributed by atoms with Crippen molar-refractivity contribution in [1.29, 1.82) is 0 Å². The fourth-order valence-corrected chi connectivity index (χ4v) is 4.96. The number of benzene rings is 2. The largest absolute Gasteiger partial charge is 0.378 e. The Balaban J connectivity index is 1.17. The van der Waals surface area contributed by atoms with Crippen molar-refractivity contribution in [2.75, 3.05) is 49.6 Å². The van der Waals surface area contributed by atoms with Crippen LogP contribution in [-0.2, 0) is 9.53 Å². The van der Waals surface area contributed by atoms with E-state index in [9.17, 15) is 9.59 Å². The Morgan fingerprint density at radius 3 is 2.45 bits per heavy atom. The summed E-state index contributed by atoms with van der Waals surface area (Å²) in [4.78, 5) is 32.9. The summed E-state index contributed by atoms with van der Waals surface area (Å²) >= 11 is 0. The van der Waals surface area contributed by atoms with Crippen molar-refractivity contribution >= 4 is 28.3 Å². The number of H-pyrrole nitrogens is 1. The summed E-state index contributed by atoms with van der Waals surface area (Å²) in [5.74, 6) is -0.00293. The van der Waals surface area contributed by atoms with E-state index in [1.807, 2.05) is 47.9 Å². The van der Waals surface area contributed by atoms with Gasteiger partial charge in [0.15, 0.2) is 0 Å². The van der Waals surface area contributed by atoms with E-state index < -0.39 is 0 Å². The molecule has 0 radical (unpaired) electrons. The van der Waals surface area contributed by atoms with Crippen molar-refractivity contribution in [2.24, 2.45) is 0 Å². The van der Waals surface area contributed by atoms with E-state index in [1.54, 1.807) is 0 Å². The molecule has 0 aliphatic carbocycles. The maximum atomic E-state index is 12.9. The van der Waals surface area contributed by atoms with Gasteiger partial charge in [-0.15, -0.1) is 0 Å². The lowest BCUT2D eigenvalue weighted by Crippen LogP contribution is -2.46. The maximum Gasteiger partial charge on any atom is 0.326 e. The fraction of sp³-hybridized carbons (Fsp3) is 0.440. The zero-order valence-electron chi connectivity index (χ0n) is 19.0. The number of rotatable bonds is 5. The van der Waals surface area contributed by atoms with Crippen LogP contribution in [0.15, 0.2) is 53.3 Å². The van der Waals surface area contributed by atoms with Gasteiger partial charge in [0.05, 0.1) is 30.3 Å². The molecular weight excluding hydrogens is 418 g/mol. The van der Waals surface area contributed by atoms with Crippen molar-refractivity contribution < 1.29 is 9.53 Å². The fourth-order valence-electron chi connectivity index (χ4n) is 4.96. The Hall–Kier alpha value is -3.10. The predicted molar refractivity (Wildman–Crippen MR) is 130 cm³/mol. The first-order valence-electron chi connectivity index (χ1n) is 11.8. The topological polar surface area (TPSA) is 82.6 Å². The van der Waals surface area contributed by atoms with Gasteiger partial charge in [-0.05, 0) is 56.2 Å². The first-order chi connectivity index (χ1) is 16.1. The van der Waals surface area contributed by atoms with Crippen molar-refractivity contribution in [1.82, 2.24) is 14.5 Å². The van der Waals surface area contributed by atoms with Crippen molar-refractivity contribution in [3.63, 3.8) is 0 Å². The van der Waals surface area contributed by atoms with Gasteiger partial charge >= 0.3 is 5.69 Å². The zero-order valence-corrected chi connectivity index (χ0v) is 19.0. The Morgan fingerprint density at radius 2 is 1.73 bits per heavy atom. The summed E-state index contributed by atoms with van der Waals surface area (Å²) in [6.07, 6.45) is 1.68. The average Bonchev–Trinajstić information content (AvgIpc) is 3.20. The third-order valence-electron chi connectivity index (χ3n) is 6.93. The Kier molecular flexibility index (Phi) is 6.20. The second-order valence-corrected chi connectivity index (χ2v) is 8.90. The van der Waals surface area contributed by atoms with Crippen molar-refractivity contribution in [2.45, 2.75) is 31.8 Å². The molecule has 8 heteroatoms. The standard InChI is InChI=1S/C25H31N5O3/c1-18(24(31)26-19-6-8-20(9-7-19)29-14-16-33-17-15-29)28-12-10-21(11-13-28)30-23-5-3-2-4-22(23)27-25(30)32/h2-9,18,21H,10-17H2,1H3,(H,26,31)(H,27,32)/t18-/m1/s1.